The van der Waals surface area contributed by atoms with Crippen molar-refractivity contribution in [2.75, 3.05) is 6.54 Å². The Labute approximate surface area is 84.5 Å². The van der Waals surface area contributed by atoms with E-state index in [4.69, 9.17) is 5.73 Å². The molecule has 4 heteroatoms. The predicted molar refractivity (Wildman–Crippen MR) is 56.6 cm³/mol. The highest BCUT2D eigenvalue weighted by molar-refractivity contribution is 9.10. The summed E-state index contributed by atoms with van der Waals surface area (Å²) >= 11 is 3.41. The second-order valence-electron chi connectivity index (χ2n) is 2.88. The van der Waals surface area contributed by atoms with Gasteiger partial charge in [0.05, 0.1) is 11.0 Å². The van der Waals surface area contributed by atoms with Crippen molar-refractivity contribution in [3.05, 3.63) is 28.5 Å². The fourth-order valence-corrected chi connectivity index (χ4v) is 1.65. The number of benzene rings is 1. The van der Waals surface area contributed by atoms with E-state index >= 15 is 0 Å². The van der Waals surface area contributed by atoms with Gasteiger partial charge in [0.15, 0.2) is 0 Å². The number of nitrogens with one attached hydrogen (secondary N) is 1. The number of rotatable bonds is 2. The lowest BCUT2D eigenvalue weighted by molar-refractivity contribution is 0.900. The Morgan fingerprint density at radius 2 is 2.31 bits per heavy atom. The van der Waals surface area contributed by atoms with Crippen molar-refractivity contribution in [1.29, 1.82) is 0 Å². The maximum atomic E-state index is 5.44. The van der Waals surface area contributed by atoms with E-state index < -0.39 is 0 Å². The number of nitrogens with zero attached hydrogens (tertiary/aromatic N) is 1. The monoisotopic (exact) mass is 239 g/mol. The van der Waals surface area contributed by atoms with Gasteiger partial charge in [-0.05, 0) is 24.7 Å². The molecule has 1 heterocycles. The maximum absolute atomic E-state index is 5.44. The van der Waals surface area contributed by atoms with E-state index in [1.54, 1.807) is 0 Å². The van der Waals surface area contributed by atoms with Crippen LogP contribution in [0.25, 0.3) is 11.0 Å². The number of nitrogens with two attached hydrogens (primary N) is 1. The summed E-state index contributed by atoms with van der Waals surface area (Å²) in [5, 5.41) is 0. The summed E-state index contributed by atoms with van der Waals surface area (Å²) in [5.41, 5.74) is 7.49. The molecule has 0 atom stereocenters. The van der Waals surface area contributed by atoms with Gasteiger partial charge in [-0.3, -0.25) is 0 Å². The minimum Gasteiger partial charge on any atom is -0.342 e. The van der Waals surface area contributed by atoms with E-state index in [1.807, 2.05) is 18.2 Å². The van der Waals surface area contributed by atoms with Crippen molar-refractivity contribution < 1.29 is 0 Å². The van der Waals surface area contributed by atoms with Crippen LogP contribution in [0, 0.1) is 0 Å². The molecule has 0 unspecified atom stereocenters. The van der Waals surface area contributed by atoms with Crippen LogP contribution >= 0.6 is 15.9 Å². The molecule has 1 aromatic carbocycles. The highest BCUT2D eigenvalue weighted by Gasteiger charge is 2.01. The molecule has 0 bridgehead atoms. The quantitative estimate of drug-likeness (QED) is 0.841. The van der Waals surface area contributed by atoms with E-state index in [-0.39, 0.29) is 0 Å². The minimum atomic E-state index is 0.626. The lowest BCUT2D eigenvalue weighted by Crippen LogP contribution is -2.03. The molecule has 13 heavy (non-hydrogen) atoms. The zero-order valence-corrected chi connectivity index (χ0v) is 8.63. The lowest BCUT2D eigenvalue weighted by atomic mass is 10.3. The van der Waals surface area contributed by atoms with Crippen LogP contribution in [0.4, 0.5) is 0 Å². The van der Waals surface area contributed by atoms with Crippen molar-refractivity contribution in [1.82, 2.24) is 9.97 Å². The number of halogens is 1. The van der Waals surface area contributed by atoms with E-state index in [9.17, 15) is 0 Å². The number of hydrogen-bond donors (Lipinski definition) is 2. The molecule has 0 radical (unpaired) electrons. The topological polar surface area (TPSA) is 54.7 Å². The molecule has 3 nitrogen and oxygen atoms in total. The predicted octanol–water partition coefficient (Wildman–Crippen LogP) is 1.83. The Bertz CT molecular complexity index is 422. The van der Waals surface area contributed by atoms with E-state index in [1.165, 1.54) is 0 Å². The second kappa shape index (κ2) is 3.47. The lowest BCUT2D eigenvalue weighted by Gasteiger charge is -1.88. The largest absolute Gasteiger partial charge is 0.342 e. The van der Waals surface area contributed by atoms with Crippen LogP contribution in [-0.4, -0.2) is 16.5 Å². The van der Waals surface area contributed by atoms with Crippen molar-refractivity contribution in [2.45, 2.75) is 6.42 Å². The first-order valence-corrected chi connectivity index (χ1v) is 4.93. The van der Waals surface area contributed by atoms with Crippen LogP contribution < -0.4 is 5.73 Å². The van der Waals surface area contributed by atoms with Crippen molar-refractivity contribution in [3.8, 4) is 0 Å². The van der Waals surface area contributed by atoms with Crippen LogP contribution in [0.15, 0.2) is 22.7 Å². The van der Waals surface area contributed by atoms with Crippen LogP contribution in [0.5, 0.6) is 0 Å². The summed E-state index contributed by atoms with van der Waals surface area (Å²) < 4.78 is 1.06. The zero-order chi connectivity index (χ0) is 9.26. The molecule has 3 N–H and O–H groups in total. The molecule has 0 amide bonds. The molecule has 0 fully saturated rings. The number of aromatic nitrogens is 2. The maximum Gasteiger partial charge on any atom is 0.108 e. The molecule has 0 aliphatic heterocycles. The molecular weight excluding hydrogens is 230 g/mol. The number of H-pyrrole nitrogens is 1. The number of fused-ring (bicyclic) bond motifs is 1. The van der Waals surface area contributed by atoms with Crippen LogP contribution in [0.1, 0.15) is 5.82 Å². The first-order chi connectivity index (χ1) is 6.29. The SMILES string of the molecule is NCCc1nc2ccc(Br)cc2[nH]1. The van der Waals surface area contributed by atoms with Gasteiger partial charge in [-0.15, -0.1) is 0 Å². The van der Waals surface area contributed by atoms with Gasteiger partial charge in [0.25, 0.3) is 0 Å². The third-order valence-corrected chi connectivity index (χ3v) is 2.37. The van der Waals surface area contributed by atoms with Gasteiger partial charge in [0.1, 0.15) is 5.82 Å². The van der Waals surface area contributed by atoms with Gasteiger partial charge >= 0.3 is 0 Å². The molecule has 2 rings (SSSR count). The first-order valence-electron chi connectivity index (χ1n) is 4.14. The smallest absolute Gasteiger partial charge is 0.108 e. The molecular formula is C9H10BrN3. The van der Waals surface area contributed by atoms with Gasteiger partial charge in [0, 0.05) is 10.9 Å². The third-order valence-electron chi connectivity index (χ3n) is 1.87. The average Bonchev–Trinajstić information content (AvgIpc) is 2.46. The second-order valence-corrected chi connectivity index (χ2v) is 3.80. The fourth-order valence-electron chi connectivity index (χ4n) is 1.29. The van der Waals surface area contributed by atoms with E-state index in [0.29, 0.717) is 6.54 Å². The number of aromatic amines is 1. The van der Waals surface area contributed by atoms with E-state index in [0.717, 1.165) is 27.8 Å². The Balaban J connectivity index is 2.49. The molecule has 2 aromatic rings. The van der Waals surface area contributed by atoms with Gasteiger partial charge in [-0.1, -0.05) is 15.9 Å². The van der Waals surface area contributed by atoms with Crippen molar-refractivity contribution in [2.24, 2.45) is 5.73 Å². The summed E-state index contributed by atoms with van der Waals surface area (Å²) in [7, 11) is 0. The summed E-state index contributed by atoms with van der Waals surface area (Å²) in [4.78, 5) is 7.60. The van der Waals surface area contributed by atoms with Crippen LogP contribution in [-0.2, 0) is 6.42 Å². The van der Waals surface area contributed by atoms with Gasteiger partial charge in [-0.2, -0.15) is 0 Å². The summed E-state index contributed by atoms with van der Waals surface area (Å²) in [6.07, 6.45) is 0.798. The van der Waals surface area contributed by atoms with Gasteiger partial charge in [-0.25, -0.2) is 4.98 Å². The standard InChI is InChI=1S/C9H10BrN3/c10-6-1-2-7-8(5-6)13-9(12-7)3-4-11/h1-2,5H,3-4,11H2,(H,12,13). The van der Waals surface area contributed by atoms with Crippen LogP contribution in [0.3, 0.4) is 0 Å². The van der Waals surface area contributed by atoms with Gasteiger partial charge < -0.3 is 10.7 Å². The normalized spacial score (nSPS) is 10.9. The summed E-state index contributed by atoms with van der Waals surface area (Å²) in [6, 6.07) is 5.98. The third kappa shape index (κ3) is 1.73. The van der Waals surface area contributed by atoms with Crippen molar-refractivity contribution >= 4 is 27.0 Å². The van der Waals surface area contributed by atoms with Crippen LogP contribution in [0.2, 0.25) is 0 Å². The molecule has 0 aliphatic rings. The summed E-state index contributed by atoms with van der Waals surface area (Å²) in [5.74, 6) is 0.954. The van der Waals surface area contributed by atoms with E-state index in [2.05, 4.69) is 25.9 Å². The summed E-state index contributed by atoms with van der Waals surface area (Å²) in [6.45, 7) is 0.626. The molecule has 1 aromatic heterocycles. The Kier molecular flexibility index (Phi) is 2.33. The zero-order valence-electron chi connectivity index (χ0n) is 7.05. The fraction of sp³-hybridized carbons (Fsp3) is 0.222. The first kappa shape index (κ1) is 8.72. The average molecular weight is 240 g/mol. The highest BCUT2D eigenvalue weighted by atomic mass is 79.9. The minimum absolute atomic E-state index is 0.626. The number of imidazole rings is 1. The Hall–Kier alpha value is -0.870. The number of hydrogen-bond acceptors (Lipinski definition) is 2. The molecule has 0 saturated carbocycles. The Morgan fingerprint density at radius 1 is 1.46 bits per heavy atom. The Morgan fingerprint density at radius 3 is 3.08 bits per heavy atom. The molecule has 0 spiro atoms. The highest BCUT2D eigenvalue weighted by Crippen LogP contribution is 2.17. The molecule has 0 aliphatic carbocycles. The van der Waals surface area contributed by atoms with Gasteiger partial charge in [0.2, 0.25) is 0 Å². The van der Waals surface area contributed by atoms with Crippen molar-refractivity contribution in [3.63, 3.8) is 0 Å². The molecule has 0 saturated heterocycles. The molecule has 68 valence electrons.